The number of likely N-dealkylation sites (tertiary alicyclic amines) is 1. The highest BCUT2D eigenvalue weighted by Crippen LogP contribution is 2.30. The van der Waals surface area contributed by atoms with Crippen LogP contribution in [0.15, 0.2) is 24.3 Å². The second-order valence-electron chi connectivity index (χ2n) is 6.25. The van der Waals surface area contributed by atoms with E-state index in [1.165, 1.54) is 0 Å². The van der Waals surface area contributed by atoms with Gasteiger partial charge in [0.25, 0.3) is 0 Å². The third-order valence-corrected chi connectivity index (χ3v) is 4.46. The lowest BCUT2D eigenvalue weighted by Gasteiger charge is -2.39. The molecule has 0 saturated carbocycles. The Balaban J connectivity index is 2.02. The van der Waals surface area contributed by atoms with Gasteiger partial charge in [-0.2, -0.15) is 0 Å². The standard InChI is InChI=1S/C16H22ClNO/c1-12(18-10-8-16(2,3)9-11-18)15(19)13-4-6-14(17)7-5-13/h4-7,12H,8-11H2,1-3H3. The van der Waals surface area contributed by atoms with Crippen LogP contribution >= 0.6 is 11.6 Å². The molecule has 3 heteroatoms. The number of piperidine rings is 1. The molecule has 1 unspecified atom stereocenters. The minimum absolute atomic E-state index is 0.0442. The number of halogens is 1. The van der Waals surface area contributed by atoms with Gasteiger partial charge in [-0.1, -0.05) is 25.4 Å². The number of hydrogen-bond donors (Lipinski definition) is 0. The first-order valence-electron chi connectivity index (χ1n) is 6.93. The SMILES string of the molecule is CC(C(=O)c1ccc(Cl)cc1)N1CCC(C)(C)CC1. The van der Waals surface area contributed by atoms with Crippen molar-refractivity contribution in [3.05, 3.63) is 34.9 Å². The maximum Gasteiger partial charge on any atom is 0.179 e. The van der Waals surface area contributed by atoms with Gasteiger partial charge in [-0.3, -0.25) is 9.69 Å². The molecule has 104 valence electrons. The number of carbonyl (C=O) groups excluding carboxylic acids is 1. The highest BCUT2D eigenvalue weighted by atomic mass is 35.5. The van der Waals surface area contributed by atoms with E-state index in [0.717, 1.165) is 31.5 Å². The van der Waals surface area contributed by atoms with Gasteiger partial charge < -0.3 is 0 Å². The van der Waals surface area contributed by atoms with Crippen molar-refractivity contribution in [2.75, 3.05) is 13.1 Å². The van der Waals surface area contributed by atoms with E-state index in [-0.39, 0.29) is 11.8 Å². The highest BCUT2D eigenvalue weighted by Gasteiger charge is 2.30. The minimum atomic E-state index is -0.0442. The van der Waals surface area contributed by atoms with Gasteiger partial charge in [0.15, 0.2) is 5.78 Å². The normalized spacial score (nSPS) is 21.1. The summed E-state index contributed by atoms with van der Waals surface area (Å²) in [6, 6.07) is 7.14. The van der Waals surface area contributed by atoms with Gasteiger partial charge in [-0.05, 0) is 62.5 Å². The van der Waals surface area contributed by atoms with Crippen molar-refractivity contribution in [2.24, 2.45) is 5.41 Å². The Kier molecular flexibility index (Phi) is 4.32. The molecular formula is C16H22ClNO. The lowest BCUT2D eigenvalue weighted by atomic mass is 9.82. The highest BCUT2D eigenvalue weighted by molar-refractivity contribution is 6.30. The number of nitrogens with zero attached hydrogens (tertiary/aromatic N) is 1. The number of hydrogen-bond acceptors (Lipinski definition) is 2. The zero-order valence-electron chi connectivity index (χ0n) is 11.9. The van der Waals surface area contributed by atoms with Crippen molar-refractivity contribution < 1.29 is 4.79 Å². The largest absolute Gasteiger partial charge is 0.293 e. The Bertz CT molecular complexity index is 442. The monoisotopic (exact) mass is 279 g/mol. The first-order valence-corrected chi connectivity index (χ1v) is 7.31. The summed E-state index contributed by atoms with van der Waals surface area (Å²) in [5.41, 5.74) is 1.17. The van der Waals surface area contributed by atoms with Crippen LogP contribution in [0.3, 0.4) is 0 Å². The molecule has 0 N–H and O–H groups in total. The topological polar surface area (TPSA) is 20.3 Å². The van der Waals surface area contributed by atoms with Crippen molar-refractivity contribution in [1.82, 2.24) is 4.90 Å². The van der Waals surface area contributed by atoms with E-state index < -0.39 is 0 Å². The zero-order valence-corrected chi connectivity index (χ0v) is 12.7. The average Bonchev–Trinajstić information content (AvgIpc) is 2.38. The first kappa shape index (κ1) is 14.5. The Morgan fingerprint density at radius 1 is 1.21 bits per heavy atom. The number of ketones is 1. The maximum absolute atomic E-state index is 12.4. The summed E-state index contributed by atoms with van der Waals surface area (Å²) < 4.78 is 0. The molecular weight excluding hydrogens is 258 g/mol. The Morgan fingerprint density at radius 2 is 1.74 bits per heavy atom. The van der Waals surface area contributed by atoms with Crippen molar-refractivity contribution in [3.63, 3.8) is 0 Å². The van der Waals surface area contributed by atoms with Gasteiger partial charge in [0.2, 0.25) is 0 Å². The second-order valence-corrected chi connectivity index (χ2v) is 6.68. The molecule has 1 atom stereocenters. The minimum Gasteiger partial charge on any atom is -0.293 e. The molecule has 19 heavy (non-hydrogen) atoms. The van der Waals surface area contributed by atoms with Crippen LogP contribution in [0.4, 0.5) is 0 Å². The summed E-state index contributed by atoms with van der Waals surface area (Å²) in [5.74, 6) is 0.191. The molecule has 2 nitrogen and oxygen atoms in total. The molecule has 0 amide bonds. The second kappa shape index (κ2) is 5.64. The zero-order chi connectivity index (χ0) is 14.0. The van der Waals surface area contributed by atoms with Gasteiger partial charge in [-0.15, -0.1) is 0 Å². The molecule has 0 radical (unpaired) electrons. The molecule has 1 aliphatic heterocycles. The van der Waals surface area contributed by atoms with Gasteiger partial charge in [-0.25, -0.2) is 0 Å². The fraction of sp³-hybridized carbons (Fsp3) is 0.562. The summed E-state index contributed by atoms with van der Waals surface area (Å²) in [6.45, 7) is 8.63. The van der Waals surface area contributed by atoms with Crippen LogP contribution in [-0.2, 0) is 0 Å². The molecule has 1 aromatic rings. The number of Topliss-reactive ketones (excluding diaryl/α,β-unsaturated/α-hetero) is 1. The van der Waals surface area contributed by atoms with Crippen LogP contribution in [-0.4, -0.2) is 29.8 Å². The predicted octanol–water partition coefficient (Wildman–Crippen LogP) is 4.03. The van der Waals surface area contributed by atoms with Gasteiger partial charge in [0, 0.05) is 10.6 Å². The van der Waals surface area contributed by atoms with Crippen LogP contribution in [0, 0.1) is 5.41 Å². The van der Waals surface area contributed by atoms with E-state index >= 15 is 0 Å². The molecule has 1 fully saturated rings. The number of carbonyl (C=O) groups is 1. The van der Waals surface area contributed by atoms with Gasteiger partial charge >= 0.3 is 0 Å². The van der Waals surface area contributed by atoms with E-state index in [9.17, 15) is 4.79 Å². The van der Waals surface area contributed by atoms with Crippen LogP contribution < -0.4 is 0 Å². The summed E-state index contributed by atoms with van der Waals surface area (Å²) in [7, 11) is 0. The lowest BCUT2D eigenvalue weighted by molar-refractivity contribution is 0.0687. The predicted molar refractivity (Wildman–Crippen MR) is 79.8 cm³/mol. The van der Waals surface area contributed by atoms with Crippen molar-refractivity contribution >= 4 is 17.4 Å². The summed E-state index contributed by atoms with van der Waals surface area (Å²) >= 11 is 5.85. The maximum atomic E-state index is 12.4. The fourth-order valence-electron chi connectivity index (χ4n) is 2.54. The van der Waals surface area contributed by atoms with Gasteiger partial charge in [0.05, 0.1) is 6.04 Å². The number of benzene rings is 1. The van der Waals surface area contributed by atoms with E-state index in [1.54, 1.807) is 12.1 Å². The summed E-state index contributed by atoms with van der Waals surface area (Å²) in [4.78, 5) is 14.7. The molecule has 1 saturated heterocycles. The molecule has 0 spiro atoms. The molecule has 1 aliphatic rings. The smallest absolute Gasteiger partial charge is 0.179 e. The van der Waals surface area contributed by atoms with Crippen molar-refractivity contribution in [3.8, 4) is 0 Å². The van der Waals surface area contributed by atoms with Crippen LogP contribution in [0.1, 0.15) is 44.0 Å². The third-order valence-electron chi connectivity index (χ3n) is 4.21. The molecule has 1 heterocycles. The molecule has 2 rings (SSSR count). The van der Waals surface area contributed by atoms with E-state index in [4.69, 9.17) is 11.6 Å². The lowest BCUT2D eigenvalue weighted by Crippen LogP contribution is -2.45. The quantitative estimate of drug-likeness (QED) is 0.779. The van der Waals surface area contributed by atoms with E-state index in [2.05, 4.69) is 18.7 Å². The Labute approximate surface area is 120 Å². The van der Waals surface area contributed by atoms with E-state index in [1.807, 2.05) is 19.1 Å². The van der Waals surface area contributed by atoms with Gasteiger partial charge in [0.1, 0.15) is 0 Å². The third kappa shape index (κ3) is 3.58. The average molecular weight is 280 g/mol. The van der Waals surface area contributed by atoms with Crippen molar-refractivity contribution in [1.29, 1.82) is 0 Å². The van der Waals surface area contributed by atoms with Crippen LogP contribution in [0.2, 0.25) is 5.02 Å². The van der Waals surface area contributed by atoms with E-state index in [0.29, 0.717) is 10.4 Å². The van der Waals surface area contributed by atoms with Crippen molar-refractivity contribution in [2.45, 2.75) is 39.7 Å². The molecule has 0 aliphatic carbocycles. The fourth-order valence-corrected chi connectivity index (χ4v) is 2.66. The Morgan fingerprint density at radius 3 is 2.26 bits per heavy atom. The summed E-state index contributed by atoms with van der Waals surface area (Å²) in [6.07, 6.45) is 2.32. The molecule has 0 bridgehead atoms. The Hall–Kier alpha value is -0.860. The van der Waals surface area contributed by atoms with Crippen LogP contribution in [0.5, 0.6) is 0 Å². The molecule has 0 aromatic heterocycles. The number of rotatable bonds is 3. The first-order chi connectivity index (χ1) is 8.89. The molecule has 1 aromatic carbocycles. The van der Waals surface area contributed by atoms with Crippen LogP contribution in [0.25, 0.3) is 0 Å². The summed E-state index contributed by atoms with van der Waals surface area (Å²) in [5, 5.41) is 0.670.